The Labute approximate surface area is 187 Å². The molecule has 0 fully saturated rings. The highest BCUT2D eigenvalue weighted by atomic mass is 32.1. The number of hydrogen-bond donors (Lipinski definition) is 2. The molecule has 0 radical (unpaired) electrons. The lowest BCUT2D eigenvalue weighted by atomic mass is 10.0. The number of nitrogens with zero attached hydrogens (tertiary/aromatic N) is 5. The standard InChI is InChI=1S/C23H20N6O2S/c1-12-7-8-16(20(30)26-12)21(31)27-13(2)14-5-4-6-15(9-14)22-28-18-19-17(25-11-29(19)3)10-24-23(18)32-22/h4-11,13H,1-3H3,(H,26,30)(H,27,31)/t13-/m0/s1. The molecule has 4 heterocycles. The Morgan fingerprint density at radius 3 is 2.84 bits per heavy atom. The topological polar surface area (TPSA) is 106 Å². The second-order valence-electron chi connectivity index (χ2n) is 7.66. The minimum atomic E-state index is -0.379. The molecular weight excluding hydrogens is 424 g/mol. The minimum Gasteiger partial charge on any atom is -0.493 e. The lowest BCUT2D eigenvalue weighted by Gasteiger charge is -2.15. The van der Waals surface area contributed by atoms with Crippen LogP contribution in [0, 0.1) is 6.92 Å². The van der Waals surface area contributed by atoms with Crippen molar-refractivity contribution >= 4 is 38.6 Å². The molecular formula is C23H20N6O2S. The van der Waals surface area contributed by atoms with E-state index in [9.17, 15) is 9.90 Å². The number of aromatic hydroxyl groups is 1. The molecule has 2 N–H and O–H groups in total. The van der Waals surface area contributed by atoms with Gasteiger partial charge < -0.3 is 15.0 Å². The molecule has 0 aliphatic rings. The van der Waals surface area contributed by atoms with Gasteiger partial charge >= 0.3 is 0 Å². The molecule has 5 aromatic rings. The summed E-state index contributed by atoms with van der Waals surface area (Å²) in [6.45, 7) is 3.65. The minimum absolute atomic E-state index is 0.149. The molecule has 0 spiro atoms. The molecule has 1 atom stereocenters. The number of imidazole rings is 1. The molecule has 1 aromatic carbocycles. The van der Waals surface area contributed by atoms with Crippen molar-refractivity contribution in [3.63, 3.8) is 0 Å². The molecule has 32 heavy (non-hydrogen) atoms. The third-order valence-electron chi connectivity index (χ3n) is 5.34. The molecule has 1 amide bonds. The normalized spacial score (nSPS) is 12.3. The molecule has 0 aliphatic carbocycles. The zero-order valence-corrected chi connectivity index (χ0v) is 18.5. The number of pyridine rings is 2. The van der Waals surface area contributed by atoms with Gasteiger partial charge in [0.05, 0.1) is 24.1 Å². The maximum Gasteiger partial charge on any atom is 0.257 e. The van der Waals surface area contributed by atoms with E-state index in [4.69, 9.17) is 4.98 Å². The Balaban J connectivity index is 1.45. The summed E-state index contributed by atoms with van der Waals surface area (Å²) in [4.78, 5) is 31.1. The Kier molecular flexibility index (Phi) is 4.82. The van der Waals surface area contributed by atoms with Crippen LogP contribution in [0.25, 0.3) is 32.0 Å². The van der Waals surface area contributed by atoms with Gasteiger partial charge in [-0.1, -0.05) is 29.5 Å². The number of carbonyl (C=O) groups excluding carboxylic acids is 1. The van der Waals surface area contributed by atoms with Crippen LogP contribution in [0.4, 0.5) is 0 Å². The molecule has 5 rings (SSSR count). The fraction of sp³-hybridized carbons (Fsp3) is 0.174. The maximum atomic E-state index is 12.6. The van der Waals surface area contributed by atoms with E-state index in [1.165, 1.54) is 11.3 Å². The molecule has 8 nitrogen and oxygen atoms in total. The number of rotatable bonds is 4. The van der Waals surface area contributed by atoms with Gasteiger partial charge in [0, 0.05) is 18.3 Å². The Bertz CT molecular complexity index is 1490. The number of aromatic nitrogens is 5. The van der Waals surface area contributed by atoms with Gasteiger partial charge in [-0.2, -0.15) is 0 Å². The lowest BCUT2D eigenvalue weighted by Crippen LogP contribution is -2.26. The van der Waals surface area contributed by atoms with Gasteiger partial charge in [0.2, 0.25) is 5.88 Å². The van der Waals surface area contributed by atoms with Gasteiger partial charge in [0.1, 0.15) is 26.4 Å². The number of nitrogens with one attached hydrogen (secondary N) is 1. The quantitative estimate of drug-likeness (QED) is 0.431. The van der Waals surface area contributed by atoms with Crippen LogP contribution in [-0.4, -0.2) is 35.5 Å². The largest absolute Gasteiger partial charge is 0.493 e. The molecule has 9 heteroatoms. The smallest absolute Gasteiger partial charge is 0.257 e. The fourth-order valence-electron chi connectivity index (χ4n) is 3.65. The Morgan fingerprint density at radius 2 is 2.03 bits per heavy atom. The highest BCUT2D eigenvalue weighted by molar-refractivity contribution is 7.21. The zero-order chi connectivity index (χ0) is 22.4. The zero-order valence-electron chi connectivity index (χ0n) is 17.7. The second-order valence-corrected chi connectivity index (χ2v) is 8.64. The van der Waals surface area contributed by atoms with Crippen LogP contribution < -0.4 is 5.32 Å². The number of hydrogen-bond acceptors (Lipinski definition) is 7. The lowest BCUT2D eigenvalue weighted by molar-refractivity contribution is 0.0936. The first-order valence-electron chi connectivity index (χ1n) is 10.0. The van der Waals surface area contributed by atoms with Crippen molar-refractivity contribution in [3.05, 3.63) is 65.7 Å². The number of carbonyl (C=O) groups is 1. The average Bonchev–Trinajstić information content (AvgIpc) is 3.37. The van der Waals surface area contributed by atoms with E-state index in [1.807, 2.05) is 42.8 Å². The third kappa shape index (κ3) is 3.46. The number of aryl methyl sites for hydroxylation is 2. The van der Waals surface area contributed by atoms with Gasteiger partial charge in [-0.15, -0.1) is 0 Å². The van der Waals surface area contributed by atoms with Gasteiger partial charge in [0.15, 0.2) is 0 Å². The summed E-state index contributed by atoms with van der Waals surface area (Å²) in [5.41, 5.74) is 5.27. The van der Waals surface area contributed by atoms with E-state index in [0.717, 1.165) is 37.5 Å². The summed E-state index contributed by atoms with van der Waals surface area (Å²) in [6.07, 6.45) is 3.53. The number of amides is 1. The van der Waals surface area contributed by atoms with Crippen molar-refractivity contribution in [2.75, 3.05) is 0 Å². The van der Waals surface area contributed by atoms with E-state index in [2.05, 4.69) is 20.3 Å². The maximum absolute atomic E-state index is 12.6. The van der Waals surface area contributed by atoms with Gasteiger partial charge in [-0.25, -0.2) is 19.9 Å². The van der Waals surface area contributed by atoms with Crippen molar-refractivity contribution in [1.29, 1.82) is 0 Å². The summed E-state index contributed by atoms with van der Waals surface area (Å²) in [5.74, 6) is -0.650. The Hall–Kier alpha value is -3.85. The molecule has 0 saturated carbocycles. The molecule has 4 aromatic heterocycles. The summed E-state index contributed by atoms with van der Waals surface area (Å²) in [6, 6.07) is 10.9. The van der Waals surface area contributed by atoms with Crippen LogP contribution in [0.15, 0.2) is 48.9 Å². The highest BCUT2D eigenvalue weighted by Gasteiger charge is 2.18. The van der Waals surface area contributed by atoms with Crippen molar-refractivity contribution in [3.8, 4) is 16.5 Å². The van der Waals surface area contributed by atoms with Crippen molar-refractivity contribution in [1.82, 2.24) is 29.8 Å². The van der Waals surface area contributed by atoms with E-state index < -0.39 is 0 Å². The van der Waals surface area contributed by atoms with Crippen LogP contribution in [0.5, 0.6) is 5.88 Å². The van der Waals surface area contributed by atoms with Crippen LogP contribution in [0.3, 0.4) is 0 Å². The van der Waals surface area contributed by atoms with Gasteiger partial charge in [-0.3, -0.25) is 4.79 Å². The fourth-order valence-corrected chi connectivity index (χ4v) is 4.56. The first kappa shape index (κ1) is 20.1. The predicted molar refractivity (Wildman–Crippen MR) is 124 cm³/mol. The summed E-state index contributed by atoms with van der Waals surface area (Å²) in [7, 11) is 1.94. The van der Waals surface area contributed by atoms with E-state index >= 15 is 0 Å². The van der Waals surface area contributed by atoms with E-state index in [0.29, 0.717) is 5.69 Å². The SMILES string of the molecule is Cc1ccc(C(=O)N[C@@H](C)c2cccc(-c3nc4c(ncc5ncn(C)c54)s3)c2)c(O)n1. The van der Waals surface area contributed by atoms with Gasteiger partial charge in [-0.05, 0) is 37.6 Å². The number of benzene rings is 1. The Morgan fingerprint density at radius 1 is 1.19 bits per heavy atom. The molecule has 0 saturated heterocycles. The number of thiazole rings is 1. The predicted octanol–water partition coefficient (Wildman–Crippen LogP) is 4.15. The summed E-state index contributed by atoms with van der Waals surface area (Å²) >= 11 is 1.52. The highest BCUT2D eigenvalue weighted by Crippen LogP contribution is 2.33. The van der Waals surface area contributed by atoms with Crippen LogP contribution in [0.2, 0.25) is 0 Å². The average molecular weight is 445 g/mol. The summed E-state index contributed by atoms with van der Waals surface area (Å²) in [5, 5.41) is 13.8. The summed E-state index contributed by atoms with van der Waals surface area (Å²) < 4.78 is 1.95. The number of fused-ring (bicyclic) bond motifs is 3. The molecule has 160 valence electrons. The molecule has 0 bridgehead atoms. The first-order valence-corrected chi connectivity index (χ1v) is 10.9. The van der Waals surface area contributed by atoms with E-state index in [-0.39, 0.29) is 23.4 Å². The second kappa shape index (κ2) is 7.69. The monoisotopic (exact) mass is 444 g/mol. The van der Waals surface area contributed by atoms with Crippen molar-refractivity contribution in [2.24, 2.45) is 7.05 Å². The first-order chi connectivity index (χ1) is 15.4. The van der Waals surface area contributed by atoms with E-state index in [1.54, 1.807) is 31.6 Å². The third-order valence-corrected chi connectivity index (χ3v) is 6.36. The molecule has 0 unspecified atom stereocenters. The van der Waals surface area contributed by atoms with Crippen molar-refractivity contribution < 1.29 is 9.90 Å². The van der Waals surface area contributed by atoms with Gasteiger partial charge in [0.25, 0.3) is 5.91 Å². The van der Waals surface area contributed by atoms with Crippen molar-refractivity contribution in [2.45, 2.75) is 19.9 Å². The van der Waals surface area contributed by atoms with Crippen LogP contribution in [0.1, 0.15) is 34.6 Å². The van der Waals surface area contributed by atoms with Crippen LogP contribution >= 0.6 is 11.3 Å². The van der Waals surface area contributed by atoms with Crippen LogP contribution in [-0.2, 0) is 7.05 Å². The molecule has 0 aliphatic heterocycles.